The number of benzene rings is 2. The van der Waals surface area contributed by atoms with Gasteiger partial charge in [-0.15, -0.1) is 0 Å². The van der Waals surface area contributed by atoms with Gasteiger partial charge in [-0.25, -0.2) is 4.98 Å². The fourth-order valence-electron chi connectivity index (χ4n) is 3.86. The molecule has 1 unspecified atom stereocenters. The molecule has 0 radical (unpaired) electrons. The Morgan fingerprint density at radius 3 is 2.73 bits per heavy atom. The number of rotatable bonds is 4. The standard InChI is InChI=1S/C22H20F3N7O/c1-12(33)28-16-4-5-32(11-16)20-18-3-2-14(22(23,24)25)8-19(18)30-21(31-20)29-17-7-13(10-26)6-15(27)9-17/h2-3,6-9,16H,4-5,11,27H2,1H3,(H,28,33)(H,29,30,31). The summed E-state index contributed by atoms with van der Waals surface area (Å²) < 4.78 is 39.9. The number of fused-ring (bicyclic) bond motifs is 1. The lowest BCUT2D eigenvalue weighted by atomic mass is 10.1. The van der Waals surface area contributed by atoms with Crippen molar-refractivity contribution in [2.75, 3.05) is 29.0 Å². The molecular formula is C22H20F3N7O. The number of hydrogen-bond acceptors (Lipinski definition) is 7. The summed E-state index contributed by atoms with van der Waals surface area (Å²) in [6, 6.07) is 9.85. The zero-order chi connectivity index (χ0) is 23.8. The van der Waals surface area contributed by atoms with Gasteiger partial charge in [-0.2, -0.15) is 23.4 Å². The molecule has 0 bridgehead atoms. The second-order valence-corrected chi connectivity index (χ2v) is 7.81. The van der Waals surface area contributed by atoms with Gasteiger partial charge >= 0.3 is 6.18 Å². The Morgan fingerprint density at radius 2 is 2.03 bits per heavy atom. The zero-order valence-electron chi connectivity index (χ0n) is 17.6. The number of nitrogens with zero attached hydrogens (tertiary/aromatic N) is 4. The molecule has 33 heavy (non-hydrogen) atoms. The number of nitriles is 1. The van der Waals surface area contributed by atoms with Gasteiger partial charge in [0.1, 0.15) is 5.82 Å². The third-order valence-electron chi connectivity index (χ3n) is 5.24. The van der Waals surface area contributed by atoms with Crippen molar-refractivity contribution < 1.29 is 18.0 Å². The molecule has 1 aliphatic heterocycles. The van der Waals surface area contributed by atoms with Crippen molar-refractivity contribution in [3.05, 3.63) is 47.5 Å². The number of alkyl halides is 3. The van der Waals surface area contributed by atoms with E-state index >= 15 is 0 Å². The molecule has 170 valence electrons. The van der Waals surface area contributed by atoms with Crippen molar-refractivity contribution >= 4 is 40.0 Å². The van der Waals surface area contributed by atoms with E-state index in [2.05, 4.69) is 20.6 Å². The van der Waals surface area contributed by atoms with Crippen LogP contribution < -0.4 is 21.3 Å². The van der Waals surface area contributed by atoms with Crippen molar-refractivity contribution in [1.29, 1.82) is 5.26 Å². The van der Waals surface area contributed by atoms with E-state index in [1.807, 2.05) is 11.0 Å². The molecular weight excluding hydrogens is 435 g/mol. The monoisotopic (exact) mass is 455 g/mol. The van der Waals surface area contributed by atoms with Crippen molar-refractivity contribution in [3.63, 3.8) is 0 Å². The van der Waals surface area contributed by atoms with Gasteiger partial charge in [-0.1, -0.05) is 0 Å². The largest absolute Gasteiger partial charge is 0.416 e. The van der Waals surface area contributed by atoms with Crippen LogP contribution >= 0.6 is 0 Å². The van der Waals surface area contributed by atoms with E-state index in [0.29, 0.717) is 47.7 Å². The lowest BCUT2D eigenvalue weighted by molar-refractivity contribution is -0.137. The van der Waals surface area contributed by atoms with Gasteiger partial charge in [0.15, 0.2) is 0 Å². The predicted octanol–water partition coefficient (Wildman–Crippen LogP) is 3.56. The van der Waals surface area contributed by atoms with Crippen LogP contribution in [0.3, 0.4) is 0 Å². The second kappa shape index (κ2) is 8.46. The molecule has 1 aliphatic rings. The smallest absolute Gasteiger partial charge is 0.399 e. The fourth-order valence-corrected chi connectivity index (χ4v) is 3.86. The van der Waals surface area contributed by atoms with E-state index in [-0.39, 0.29) is 23.4 Å². The molecule has 0 aliphatic carbocycles. The Hall–Kier alpha value is -4.07. The van der Waals surface area contributed by atoms with Crippen molar-refractivity contribution in [2.24, 2.45) is 0 Å². The van der Waals surface area contributed by atoms with Gasteiger partial charge in [0.25, 0.3) is 0 Å². The Balaban J connectivity index is 1.78. The minimum Gasteiger partial charge on any atom is -0.399 e. The fraction of sp³-hybridized carbons (Fsp3) is 0.273. The van der Waals surface area contributed by atoms with Crippen LogP contribution in [0.15, 0.2) is 36.4 Å². The van der Waals surface area contributed by atoms with Crippen LogP contribution in [0.2, 0.25) is 0 Å². The summed E-state index contributed by atoms with van der Waals surface area (Å²) in [5.41, 5.74) is 6.22. The van der Waals surface area contributed by atoms with Gasteiger partial charge in [-0.05, 0) is 42.8 Å². The Bertz CT molecular complexity index is 1270. The summed E-state index contributed by atoms with van der Waals surface area (Å²) in [5.74, 6) is 0.365. The predicted molar refractivity (Wildman–Crippen MR) is 118 cm³/mol. The SMILES string of the molecule is CC(=O)NC1CCN(c2nc(Nc3cc(N)cc(C#N)c3)nc3cc(C(F)(F)F)ccc23)C1. The van der Waals surface area contributed by atoms with Gasteiger partial charge < -0.3 is 21.3 Å². The summed E-state index contributed by atoms with van der Waals surface area (Å²) >= 11 is 0. The van der Waals surface area contributed by atoms with Crippen LogP contribution in [-0.2, 0) is 11.0 Å². The highest BCUT2D eigenvalue weighted by molar-refractivity contribution is 5.91. The first-order chi connectivity index (χ1) is 15.6. The van der Waals surface area contributed by atoms with Crippen molar-refractivity contribution in [3.8, 4) is 6.07 Å². The van der Waals surface area contributed by atoms with E-state index in [0.717, 1.165) is 12.1 Å². The minimum atomic E-state index is -4.52. The number of nitrogens with two attached hydrogens (primary N) is 1. The molecule has 2 aromatic carbocycles. The molecule has 3 aromatic rings. The molecule has 0 spiro atoms. The third-order valence-corrected chi connectivity index (χ3v) is 5.24. The topological polar surface area (TPSA) is 120 Å². The molecule has 1 amide bonds. The minimum absolute atomic E-state index is 0.0642. The van der Waals surface area contributed by atoms with Crippen LogP contribution in [0, 0.1) is 11.3 Å². The summed E-state index contributed by atoms with van der Waals surface area (Å²) in [4.78, 5) is 22.2. The first-order valence-corrected chi connectivity index (χ1v) is 10.1. The maximum absolute atomic E-state index is 13.3. The van der Waals surface area contributed by atoms with E-state index in [9.17, 15) is 18.0 Å². The Kier molecular flexibility index (Phi) is 5.68. The zero-order valence-corrected chi connectivity index (χ0v) is 17.6. The van der Waals surface area contributed by atoms with E-state index < -0.39 is 11.7 Å². The molecule has 8 nitrogen and oxygen atoms in total. The highest BCUT2D eigenvalue weighted by Gasteiger charge is 2.32. The molecule has 0 saturated carbocycles. The molecule has 1 fully saturated rings. The van der Waals surface area contributed by atoms with Gasteiger partial charge in [0, 0.05) is 42.8 Å². The number of amides is 1. The van der Waals surface area contributed by atoms with Crippen LogP contribution in [-0.4, -0.2) is 35.0 Å². The highest BCUT2D eigenvalue weighted by Crippen LogP contribution is 2.35. The lowest BCUT2D eigenvalue weighted by Crippen LogP contribution is -2.35. The maximum atomic E-state index is 13.3. The molecule has 2 heterocycles. The van der Waals surface area contributed by atoms with Crippen molar-refractivity contribution in [2.45, 2.75) is 25.6 Å². The Morgan fingerprint density at radius 1 is 1.24 bits per heavy atom. The highest BCUT2D eigenvalue weighted by atomic mass is 19.4. The maximum Gasteiger partial charge on any atom is 0.416 e. The summed E-state index contributed by atoms with van der Waals surface area (Å²) in [7, 11) is 0. The van der Waals surface area contributed by atoms with Crippen LogP contribution in [0.5, 0.6) is 0 Å². The average molecular weight is 455 g/mol. The van der Waals surface area contributed by atoms with Crippen LogP contribution in [0.4, 0.5) is 36.3 Å². The molecule has 11 heteroatoms. The summed E-state index contributed by atoms with van der Waals surface area (Å²) in [5, 5.41) is 15.4. The number of nitrogens with one attached hydrogen (secondary N) is 2. The van der Waals surface area contributed by atoms with E-state index in [1.54, 1.807) is 12.1 Å². The molecule has 1 atom stereocenters. The first-order valence-electron chi connectivity index (χ1n) is 10.1. The van der Waals surface area contributed by atoms with Gasteiger partial charge in [0.2, 0.25) is 11.9 Å². The van der Waals surface area contributed by atoms with Crippen LogP contribution in [0.25, 0.3) is 10.9 Å². The van der Waals surface area contributed by atoms with Crippen molar-refractivity contribution in [1.82, 2.24) is 15.3 Å². The van der Waals surface area contributed by atoms with E-state index in [4.69, 9.17) is 11.0 Å². The Labute approximate surface area is 187 Å². The summed E-state index contributed by atoms with van der Waals surface area (Å²) in [6.07, 6.45) is -3.85. The number of carbonyl (C=O) groups excluding carboxylic acids is 1. The second-order valence-electron chi connectivity index (χ2n) is 7.81. The number of carbonyl (C=O) groups is 1. The normalized spacial score (nSPS) is 16.0. The number of halogens is 3. The number of nitrogen functional groups attached to an aromatic ring is 1. The molecule has 4 N–H and O–H groups in total. The third kappa shape index (κ3) is 4.90. The molecule has 1 saturated heterocycles. The van der Waals surface area contributed by atoms with Gasteiger partial charge in [-0.3, -0.25) is 4.79 Å². The van der Waals surface area contributed by atoms with Gasteiger partial charge in [0.05, 0.1) is 22.7 Å². The molecule has 4 rings (SSSR count). The number of aromatic nitrogens is 2. The number of hydrogen-bond donors (Lipinski definition) is 3. The quantitative estimate of drug-likeness (QED) is 0.515. The first kappa shape index (κ1) is 22.1. The van der Waals surface area contributed by atoms with Crippen LogP contribution in [0.1, 0.15) is 24.5 Å². The lowest BCUT2D eigenvalue weighted by Gasteiger charge is -2.21. The average Bonchev–Trinajstić information content (AvgIpc) is 3.19. The molecule has 1 aromatic heterocycles. The summed E-state index contributed by atoms with van der Waals surface area (Å²) in [6.45, 7) is 2.46. The number of anilines is 4. The van der Waals surface area contributed by atoms with E-state index in [1.165, 1.54) is 19.1 Å².